The third-order valence-corrected chi connectivity index (χ3v) is 5.94. The molecule has 1 aliphatic heterocycles. The molecule has 6 heteroatoms. The lowest BCUT2D eigenvalue weighted by Crippen LogP contribution is -3.14. The summed E-state index contributed by atoms with van der Waals surface area (Å²) >= 11 is 0. The van der Waals surface area contributed by atoms with Crippen LogP contribution in [0.3, 0.4) is 0 Å². The van der Waals surface area contributed by atoms with Gasteiger partial charge in [0.05, 0.1) is 13.1 Å². The van der Waals surface area contributed by atoms with Gasteiger partial charge in [0, 0.05) is 17.0 Å². The number of nitrogens with one attached hydrogen (secondary N) is 2. The molecule has 2 N–H and O–H groups in total. The van der Waals surface area contributed by atoms with Gasteiger partial charge in [-0.25, -0.2) is 5.10 Å². The summed E-state index contributed by atoms with van der Waals surface area (Å²) in [6, 6.07) is 12.7. The van der Waals surface area contributed by atoms with Crippen LogP contribution in [0.1, 0.15) is 40.2 Å². The maximum Gasteiger partial charge on any atom is 0.229 e. The standard InChI is InChI=1S/C22H27N5O/c1-16-12-20(17(2)27(16)22-23-15-24-25-22)21(28)14-26-10-8-19(9-11-26)13-18-6-4-3-5-7-18/h3-7,12,15,19H,8-11,13-14H2,1-2H3,(H,23,24,25)/p+1. The van der Waals surface area contributed by atoms with Gasteiger partial charge in [0.1, 0.15) is 12.9 Å². The third-order valence-electron chi connectivity index (χ3n) is 5.94. The first-order valence-electron chi connectivity index (χ1n) is 10.1. The van der Waals surface area contributed by atoms with Crippen LogP contribution in [0.2, 0.25) is 0 Å². The molecule has 3 aromatic rings. The van der Waals surface area contributed by atoms with Crippen LogP contribution in [0.25, 0.3) is 5.95 Å². The van der Waals surface area contributed by atoms with Crippen LogP contribution < -0.4 is 4.90 Å². The molecule has 6 nitrogen and oxygen atoms in total. The molecule has 0 radical (unpaired) electrons. The van der Waals surface area contributed by atoms with Crippen molar-refractivity contribution in [3.8, 4) is 5.95 Å². The summed E-state index contributed by atoms with van der Waals surface area (Å²) in [7, 11) is 0. The Morgan fingerprint density at radius 1 is 1.21 bits per heavy atom. The predicted octanol–water partition coefficient (Wildman–Crippen LogP) is 1.93. The average molecular weight is 379 g/mol. The van der Waals surface area contributed by atoms with Gasteiger partial charge in [-0.2, -0.15) is 10.1 Å². The quantitative estimate of drug-likeness (QED) is 0.644. The van der Waals surface area contributed by atoms with E-state index < -0.39 is 0 Å². The van der Waals surface area contributed by atoms with Crippen molar-refractivity contribution in [1.29, 1.82) is 0 Å². The number of aromatic nitrogens is 4. The van der Waals surface area contributed by atoms with Crippen molar-refractivity contribution >= 4 is 5.78 Å². The number of hydrogen-bond acceptors (Lipinski definition) is 3. The molecule has 1 saturated heterocycles. The molecule has 0 amide bonds. The third kappa shape index (κ3) is 3.92. The monoisotopic (exact) mass is 378 g/mol. The summed E-state index contributed by atoms with van der Waals surface area (Å²) in [5.41, 5.74) is 4.14. The number of likely N-dealkylation sites (tertiary alicyclic amines) is 1. The molecule has 0 spiro atoms. The number of aryl methyl sites for hydroxylation is 1. The first-order valence-corrected chi connectivity index (χ1v) is 10.1. The number of H-pyrrole nitrogens is 1. The van der Waals surface area contributed by atoms with Crippen LogP contribution in [-0.4, -0.2) is 45.2 Å². The molecule has 0 bridgehead atoms. The van der Waals surface area contributed by atoms with Crippen LogP contribution in [0.4, 0.5) is 0 Å². The molecule has 2 aromatic heterocycles. The fraction of sp³-hybridized carbons (Fsp3) is 0.409. The van der Waals surface area contributed by atoms with Gasteiger partial charge in [-0.1, -0.05) is 30.3 Å². The number of quaternary nitrogens is 1. The molecular formula is C22H28N5O+. The van der Waals surface area contributed by atoms with E-state index in [1.807, 2.05) is 24.5 Å². The maximum absolute atomic E-state index is 13.0. The molecule has 0 atom stereocenters. The lowest BCUT2D eigenvalue weighted by Gasteiger charge is -2.29. The number of piperidine rings is 1. The highest BCUT2D eigenvalue weighted by molar-refractivity contribution is 5.98. The van der Waals surface area contributed by atoms with Gasteiger partial charge in [0.25, 0.3) is 0 Å². The van der Waals surface area contributed by atoms with Crippen molar-refractivity contribution < 1.29 is 9.69 Å². The highest BCUT2D eigenvalue weighted by Gasteiger charge is 2.26. The van der Waals surface area contributed by atoms with Gasteiger partial charge in [-0.05, 0) is 50.7 Å². The largest absolute Gasteiger partial charge is 0.328 e. The van der Waals surface area contributed by atoms with E-state index in [1.54, 1.807) is 0 Å². The molecule has 0 unspecified atom stereocenters. The van der Waals surface area contributed by atoms with E-state index in [0.717, 1.165) is 42.4 Å². The topological polar surface area (TPSA) is 68.0 Å². The van der Waals surface area contributed by atoms with Gasteiger partial charge in [0.2, 0.25) is 11.7 Å². The Hall–Kier alpha value is -2.73. The van der Waals surface area contributed by atoms with E-state index in [-0.39, 0.29) is 5.78 Å². The Morgan fingerprint density at radius 3 is 2.64 bits per heavy atom. The second kappa shape index (κ2) is 8.10. The number of nitrogens with zero attached hydrogens (tertiary/aromatic N) is 3. The van der Waals surface area contributed by atoms with Crippen LogP contribution >= 0.6 is 0 Å². The van der Waals surface area contributed by atoms with E-state index >= 15 is 0 Å². The number of rotatable bonds is 6. The van der Waals surface area contributed by atoms with Crippen molar-refractivity contribution in [1.82, 2.24) is 19.7 Å². The number of hydrogen-bond donors (Lipinski definition) is 2. The number of benzene rings is 1. The van der Waals surface area contributed by atoms with E-state index in [2.05, 4.69) is 45.5 Å². The summed E-state index contributed by atoms with van der Waals surface area (Å²) < 4.78 is 1.96. The predicted molar refractivity (Wildman–Crippen MR) is 108 cm³/mol. The fourth-order valence-corrected chi connectivity index (χ4v) is 4.41. The molecule has 3 heterocycles. The zero-order valence-corrected chi connectivity index (χ0v) is 16.6. The van der Waals surface area contributed by atoms with Gasteiger partial charge < -0.3 is 4.90 Å². The summed E-state index contributed by atoms with van der Waals surface area (Å²) in [6.07, 6.45) is 5.02. The fourth-order valence-electron chi connectivity index (χ4n) is 4.41. The van der Waals surface area contributed by atoms with E-state index in [4.69, 9.17) is 0 Å². The minimum absolute atomic E-state index is 0.218. The highest BCUT2D eigenvalue weighted by atomic mass is 16.1. The van der Waals surface area contributed by atoms with Gasteiger partial charge in [-0.15, -0.1) is 0 Å². The number of ketones is 1. The second-order valence-corrected chi connectivity index (χ2v) is 7.91. The average Bonchev–Trinajstić information content (AvgIpc) is 3.32. The van der Waals surface area contributed by atoms with E-state index in [0.29, 0.717) is 12.5 Å². The Kier molecular flexibility index (Phi) is 5.39. The van der Waals surface area contributed by atoms with Crippen molar-refractivity contribution in [2.45, 2.75) is 33.1 Å². The Bertz CT molecular complexity index is 922. The van der Waals surface area contributed by atoms with Crippen LogP contribution in [-0.2, 0) is 6.42 Å². The second-order valence-electron chi connectivity index (χ2n) is 7.91. The van der Waals surface area contributed by atoms with Crippen LogP contribution in [0, 0.1) is 19.8 Å². The Labute approximate surface area is 165 Å². The molecule has 146 valence electrons. The molecule has 1 aromatic carbocycles. The van der Waals surface area contributed by atoms with Crippen molar-refractivity contribution in [3.05, 3.63) is 65.2 Å². The summed E-state index contributed by atoms with van der Waals surface area (Å²) in [5.74, 6) is 1.61. The number of Topliss-reactive ketones (excluding diaryl/α,β-unsaturated/α-hetero) is 1. The SMILES string of the molecule is Cc1cc(C(=O)C[NH+]2CCC(Cc3ccccc3)CC2)c(C)n1-c1ncn[nH]1. The molecular weight excluding hydrogens is 350 g/mol. The molecule has 1 aliphatic rings. The summed E-state index contributed by atoms with van der Waals surface area (Å²) in [5, 5.41) is 6.80. The van der Waals surface area contributed by atoms with E-state index in [1.165, 1.54) is 29.6 Å². The zero-order valence-electron chi connectivity index (χ0n) is 16.6. The summed E-state index contributed by atoms with van der Waals surface area (Å²) in [4.78, 5) is 18.6. The zero-order chi connectivity index (χ0) is 19.5. The number of aromatic amines is 1. The minimum atomic E-state index is 0.218. The molecule has 0 aliphatic carbocycles. The van der Waals surface area contributed by atoms with Crippen molar-refractivity contribution in [2.24, 2.45) is 5.92 Å². The first kappa shape index (κ1) is 18.6. The van der Waals surface area contributed by atoms with Crippen LogP contribution in [0.15, 0.2) is 42.7 Å². The molecule has 28 heavy (non-hydrogen) atoms. The Morgan fingerprint density at radius 2 is 1.96 bits per heavy atom. The van der Waals surface area contributed by atoms with E-state index in [9.17, 15) is 4.79 Å². The molecule has 4 rings (SSSR count). The first-order chi connectivity index (χ1) is 13.6. The lowest BCUT2D eigenvalue weighted by atomic mass is 9.90. The highest BCUT2D eigenvalue weighted by Crippen LogP contribution is 2.19. The van der Waals surface area contributed by atoms with Gasteiger partial charge in [-0.3, -0.25) is 9.36 Å². The number of carbonyl (C=O) groups excluding carboxylic acids is 1. The van der Waals surface area contributed by atoms with Crippen molar-refractivity contribution in [3.63, 3.8) is 0 Å². The number of carbonyl (C=O) groups is 1. The smallest absolute Gasteiger partial charge is 0.229 e. The van der Waals surface area contributed by atoms with Crippen LogP contribution in [0.5, 0.6) is 0 Å². The Balaban J connectivity index is 1.36. The minimum Gasteiger partial charge on any atom is -0.328 e. The van der Waals surface area contributed by atoms with Crippen molar-refractivity contribution in [2.75, 3.05) is 19.6 Å². The van der Waals surface area contributed by atoms with Gasteiger partial charge >= 0.3 is 0 Å². The molecule has 0 saturated carbocycles. The lowest BCUT2D eigenvalue weighted by molar-refractivity contribution is -0.897. The maximum atomic E-state index is 13.0. The van der Waals surface area contributed by atoms with Gasteiger partial charge in [0.15, 0.2) is 0 Å². The molecule has 1 fully saturated rings. The summed E-state index contributed by atoms with van der Waals surface area (Å²) in [6.45, 7) is 6.69. The normalized spacial score (nSPS) is 19.6.